The van der Waals surface area contributed by atoms with Crippen molar-refractivity contribution in [3.8, 4) is 0 Å². The van der Waals surface area contributed by atoms with Gasteiger partial charge in [0.05, 0.1) is 23.7 Å². The van der Waals surface area contributed by atoms with Gasteiger partial charge in [-0.15, -0.1) is 0 Å². The summed E-state index contributed by atoms with van der Waals surface area (Å²) in [6.07, 6.45) is 6.78. The lowest BCUT2D eigenvalue weighted by Gasteiger charge is -2.17. The second-order valence-electron chi connectivity index (χ2n) is 4.35. The van der Waals surface area contributed by atoms with Gasteiger partial charge < -0.3 is 0 Å². The number of fused-ring (bicyclic) bond motifs is 3. The predicted octanol–water partition coefficient (Wildman–Crippen LogP) is 1.64. The summed E-state index contributed by atoms with van der Waals surface area (Å²) in [5.41, 5.74) is 3.71. The molecule has 18 heavy (non-hydrogen) atoms. The number of aliphatic imine (C=N–C) groups is 1. The zero-order valence-corrected chi connectivity index (χ0v) is 10.6. The highest BCUT2D eigenvalue weighted by atomic mass is 32.2. The van der Waals surface area contributed by atoms with E-state index in [1.54, 1.807) is 6.08 Å². The summed E-state index contributed by atoms with van der Waals surface area (Å²) < 4.78 is 25.3. The van der Waals surface area contributed by atoms with E-state index < -0.39 is 10.0 Å². The molecule has 0 aromatic heterocycles. The number of allylic oxidation sites excluding steroid dienone is 2. The first-order valence-electron chi connectivity index (χ1n) is 5.59. The number of para-hydroxylation sites is 1. The van der Waals surface area contributed by atoms with Gasteiger partial charge in [0, 0.05) is 11.1 Å². The van der Waals surface area contributed by atoms with Crippen molar-refractivity contribution in [3.63, 3.8) is 0 Å². The van der Waals surface area contributed by atoms with E-state index in [1.165, 1.54) is 0 Å². The number of sulfonamides is 1. The number of hydrogen-bond donors (Lipinski definition) is 1. The minimum Gasteiger partial charge on any atom is -0.250 e. The molecule has 0 bridgehead atoms. The fourth-order valence-corrected chi connectivity index (χ4v) is 2.87. The lowest BCUT2D eigenvalue weighted by Crippen LogP contribution is -2.39. The van der Waals surface area contributed by atoms with E-state index in [4.69, 9.17) is 0 Å². The molecule has 0 saturated heterocycles. The Kier molecular flexibility index (Phi) is 2.46. The maximum atomic E-state index is 11.3. The van der Waals surface area contributed by atoms with Gasteiger partial charge in [0.15, 0.2) is 0 Å². The molecule has 1 aromatic rings. The van der Waals surface area contributed by atoms with Crippen molar-refractivity contribution in [2.45, 2.75) is 6.04 Å². The fourth-order valence-electron chi connectivity index (χ4n) is 2.22. The van der Waals surface area contributed by atoms with Gasteiger partial charge >= 0.3 is 0 Å². The summed E-state index contributed by atoms with van der Waals surface area (Å²) in [5, 5.41) is 0. The monoisotopic (exact) mass is 260 g/mol. The number of hydrogen-bond acceptors (Lipinski definition) is 3. The number of rotatable bonds is 2. The Morgan fingerprint density at radius 3 is 2.83 bits per heavy atom. The van der Waals surface area contributed by atoms with Gasteiger partial charge in [0.2, 0.25) is 10.0 Å². The van der Waals surface area contributed by atoms with Crippen molar-refractivity contribution in [3.05, 3.63) is 48.1 Å². The zero-order valence-electron chi connectivity index (χ0n) is 9.79. The van der Waals surface area contributed by atoms with Crippen molar-refractivity contribution in [2.75, 3.05) is 6.26 Å². The number of benzene rings is 1. The van der Waals surface area contributed by atoms with Crippen molar-refractivity contribution in [1.82, 2.24) is 4.72 Å². The third-order valence-electron chi connectivity index (χ3n) is 2.91. The molecule has 1 aliphatic carbocycles. The Labute approximate surface area is 106 Å². The highest BCUT2D eigenvalue weighted by molar-refractivity contribution is 7.88. The molecule has 1 N–H and O–H groups in total. The van der Waals surface area contributed by atoms with E-state index in [0.717, 1.165) is 28.8 Å². The van der Waals surface area contributed by atoms with Crippen LogP contribution in [0, 0.1) is 0 Å². The summed E-state index contributed by atoms with van der Waals surface area (Å²) in [4.78, 5) is 4.51. The molecule has 1 atom stereocenters. The first-order chi connectivity index (χ1) is 8.54. The molecule has 0 fully saturated rings. The molecule has 3 rings (SSSR count). The number of nitrogens with zero attached hydrogens (tertiary/aromatic N) is 1. The topological polar surface area (TPSA) is 58.5 Å². The van der Waals surface area contributed by atoms with Crippen LogP contribution in [0.1, 0.15) is 5.56 Å². The van der Waals surface area contributed by atoms with Crippen molar-refractivity contribution in [1.29, 1.82) is 0 Å². The first kappa shape index (κ1) is 11.4. The van der Waals surface area contributed by atoms with Crippen LogP contribution in [0.25, 0.3) is 5.57 Å². The lowest BCUT2D eigenvalue weighted by atomic mass is 9.95. The van der Waals surface area contributed by atoms with E-state index in [-0.39, 0.29) is 6.04 Å². The third-order valence-corrected chi connectivity index (χ3v) is 3.60. The van der Waals surface area contributed by atoms with Crippen LogP contribution < -0.4 is 4.72 Å². The SMILES string of the molecule is CS(=O)(=O)NC1C=CC=C2C1=Nc1ccccc12. The molecule has 5 heteroatoms. The molecule has 92 valence electrons. The largest absolute Gasteiger partial charge is 0.250 e. The third kappa shape index (κ3) is 1.91. The van der Waals surface area contributed by atoms with Gasteiger partial charge in [-0.1, -0.05) is 36.4 Å². The first-order valence-corrected chi connectivity index (χ1v) is 7.48. The Bertz CT molecular complexity index is 699. The second kappa shape index (κ2) is 3.90. The van der Waals surface area contributed by atoms with E-state index in [2.05, 4.69) is 9.71 Å². The average molecular weight is 260 g/mol. The van der Waals surface area contributed by atoms with Crippen LogP contribution in [0.4, 0.5) is 5.69 Å². The van der Waals surface area contributed by atoms with Gasteiger partial charge in [0.1, 0.15) is 0 Å². The minimum atomic E-state index is -3.26. The molecule has 0 spiro atoms. The quantitative estimate of drug-likeness (QED) is 0.879. The number of nitrogens with one attached hydrogen (secondary N) is 1. The Morgan fingerprint density at radius 1 is 1.28 bits per heavy atom. The van der Waals surface area contributed by atoms with Crippen LogP contribution in [0.5, 0.6) is 0 Å². The molecule has 1 aromatic carbocycles. The summed E-state index contributed by atoms with van der Waals surface area (Å²) in [6, 6.07) is 7.42. The maximum absolute atomic E-state index is 11.3. The standard InChI is InChI=1S/C13H12N2O2S/c1-18(16,17)15-12-8-4-6-10-9-5-2-3-7-11(9)14-13(10)12/h2-8,12,15H,1H3. The molecule has 0 radical (unpaired) electrons. The summed E-state index contributed by atoms with van der Waals surface area (Å²) >= 11 is 0. The van der Waals surface area contributed by atoms with Crippen molar-refractivity contribution in [2.24, 2.45) is 4.99 Å². The van der Waals surface area contributed by atoms with Crippen LogP contribution >= 0.6 is 0 Å². The van der Waals surface area contributed by atoms with E-state index in [1.807, 2.05) is 36.4 Å². The van der Waals surface area contributed by atoms with Crippen LogP contribution in [0.3, 0.4) is 0 Å². The Hall–Kier alpha value is -1.72. The fraction of sp³-hybridized carbons (Fsp3) is 0.154. The van der Waals surface area contributed by atoms with E-state index >= 15 is 0 Å². The normalized spacial score (nSPS) is 21.1. The van der Waals surface area contributed by atoms with Crippen LogP contribution in [0.2, 0.25) is 0 Å². The van der Waals surface area contributed by atoms with Gasteiger partial charge in [0.25, 0.3) is 0 Å². The van der Waals surface area contributed by atoms with Crippen LogP contribution in [-0.2, 0) is 10.0 Å². The Morgan fingerprint density at radius 2 is 2.06 bits per heavy atom. The summed E-state index contributed by atoms with van der Waals surface area (Å²) in [6.45, 7) is 0. The van der Waals surface area contributed by atoms with Crippen molar-refractivity contribution >= 4 is 27.0 Å². The van der Waals surface area contributed by atoms with Crippen molar-refractivity contribution < 1.29 is 8.42 Å². The average Bonchev–Trinajstić information content (AvgIpc) is 2.67. The van der Waals surface area contributed by atoms with Crippen LogP contribution in [0.15, 0.2) is 47.5 Å². The van der Waals surface area contributed by atoms with Gasteiger partial charge in [-0.3, -0.25) is 4.99 Å². The maximum Gasteiger partial charge on any atom is 0.209 e. The van der Waals surface area contributed by atoms with Gasteiger partial charge in [-0.05, 0) is 6.07 Å². The molecule has 2 aliphatic rings. The highest BCUT2D eigenvalue weighted by Crippen LogP contribution is 2.37. The molecule has 0 saturated carbocycles. The minimum absolute atomic E-state index is 0.382. The summed E-state index contributed by atoms with van der Waals surface area (Å²) in [5.74, 6) is 0. The second-order valence-corrected chi connectivity index (χ2v) is 6.13. The molecule has 4 nitrogen and oxygen atoms in total. The van der Waals surface area contributed by atoms with E-state index in [0.29, 0.717) is 0 Å². The lowest BCUT2D eigenvalue weighted by molar-refractivity contribution is 0.588. The predicted molar refractivity (Wildman–Crippen MR) is 72.4 cm³/mol. The van der Waals surface area contributed by atoms with Crippen LogP contribution in [-0.4, -0.2) is 26.4 Å². The van der Waals surface area contributed by atoms with Gasteiger partial charge in [-0.25, -0.2) is 13.1 Å². The molecule has 1 aliphatic heterocycles. The molecular formula is C13H12N2O2S. The smallest absolute Gasteiger partial charge is 0.209 e. The zero-order chi connectivity index (χ0) is 12.8. The van der Waals surface area contributed by atoms with E-state index in [9.17, 15) is 8.42 Å². The molecule has 1 heterocycles. The molecular weight excluding hydrogens is 248 g/mol. The van der Waals surface area contributed by atoms with Gasteiger partial charge in [-0.2, -0.15) is 0 Å². The molecule has 0 amide bonds. The highest BCUT2D eigenvalue weighted by Gasteiger charge is 2.28. The summed E-state index contributed by atoms with van der Waals surface area (Å²) in [7, 11) is -3.26. The molecule has 1 unspecified atom stereocenters. The Balaban J connectivity index is 2.04.